The van der Waals surface area contributed by atoms with Gasteiger partial charge in [0.25, 0.3) is 0 Å². The summed E-state index contributed by atoms with van der Waals surface area (Å²) in [6.45, 7) is 11.1. The molecule has 0 spiro atoms. The van der Waals surface area contributed by atoms with Gasteiger partial charge in [-0.15, -0.1) is 12.4 Å². The number of rotatable bonds is 3. The van der Waals surface area contributed by atoms with E-state index in [1.54, 1.807) is 0 Å². The molecule has 156 valence electrons. The lowest BCUT2D eigenvalue weighted by Gasteiger charge is -2.31. The lowest BCUT2D eigenvalue weighted by atomic mass is 9.99. The fourth-order valence-electron chi connectivity index (χ4n) is 4.57. The maximum Gasteiger partial charge on any atom is 0.138 e. The van der Waals surface area contributed by atoms with E-state index in [0.717, 1.165) is 48.6 Å². The Morgan fingerprint density at radius 2 is 1.80 bits per heavy atom. The van der Waals surface area contributed by atoms with Gasteiger partial charge < -0.3 is 14.0 Å². The van der Waals surface area contributed by atoms with Gasteiger partial charge >= 0.3 is 0 Å². The van der Waals surface area contributed by atoms with Gasteiger partial charge in [-0.1, -0.05) is 29.4 Å². The minimum absolute atomic E-state index is 0. The molecule has 0 bridgehead atoms. The molecule has 5 nitrogen and oxygen atoms in total. The van der Waals surface area contributed by atoms with Crippen LogP contribution in [0.4, 0.5) is 5.69 Å². The summed E-state index contributed by atoms with van der Waals surface area (Å²) in [5.41, 5.74) is 11.0. The molecule has 5 rings (SSSR count). The van der Waals surface area contributed by atoms with Gasteiger partial charge in [-0.05, 0) is 56.9 Å². The van der Waals surface area contributed by atoms with E-state index in [-0.39, 0.29) is 12.4 Å². The van der Waals surface area contributed by atoms with E-state index in [4.69, 9.17) is 9.51 Å². The molecule has 0 N–H and O–H groups in total. The Bertz CT molecular complexity index is 1200. The molecule has 4 aromatic rings. The van der Waals surface area contributed by atoms with Gasteiger partial charge in [0.15, 0.2) is 0 Å². The number of aromatic nitrogens is 3. The van der Waals surface area contributed by atoms with Crippen LogP contribution in [-0.4, -0.2) is 21.3 Å². The molecule has 0 saturated carbocycles. The molecule has 3 aromatic heterocycles. The Hall–Kier alpha value is -2.79. The zero-order chi connectivity index (χ0) is 20.1. The molecule has 0 amide bonds. The van der Waals surface area contributed by atoms with Crippen molar-refractivity contribution in [2.75, 3.05) is 11.4 Å². The zero-order valence-electron chi connectivity index (χ0n) is 17.9. The molecule has 0 fully saturated rings. The van der Waals surface area contributed by atoms with Gasteiger partial charge in [0.2, 0.25) is 0 Å². The Morgan fingerprint density at radius 1 is 1.03 bits per heavy atom. The fourth-order valence-corrected chi connectivity index (χ4v) is 4.57. The number of pyridine rings is 1. The molecule has 0 saturated heterocycles. The van der Waals surface area contributed by atoms with E-state index in [9.17, 15) is 0 Å². The molecule has 0 aliphatic carbocycles. The Kier molecular flexibility index (Phi) is 5.33. The van der Waals surface area contributed by atoms with Gasteiger partial charge in [0.05, 0.1) is 29.0 Å². The van der Waals surface area contributed by atoms with Crippen molar-refractivity contribution in [1.29, 1.82) is 0 Å². The highest BCUT2D eigenvalue weighted by molar-refractivity contribution is 5.92. The molecule has 1 aliphatic heterocycles. The van der Waals surface area contributed by atoms with Crippen molar-refractivity contribution in [3.8, 4) is 0 Å². The zero-order valence-corrected chi connectivity index (χ0v) is 18.7. The van der Waals surface area contributed by atoms with E-state index in [0.29, 0.717) is 0 Å². The second-order valence-corrected chi connectivity index (χ2v) is 8.07. The molecule has 0 unspecified atom stereocenters. The van der Waals surface area contributed by atoms with Crippen LogP contribution in [0.1, 0.15) is 39.4 Å². The lowest BCUT2D eigenvalue weighted by molar-refractivity contribution is 0.392. The maximum atomic E-state index is 5.42. The highest BCUT2D eigenvalue weighted by Gasteiger charge is 2.23. The predicted molar refractivity (Wildman–Crippen MR) is 123 cm³/mol. The normalized spacial score (nSPS) is 13.4. The molecule has 6 heteroatoms. The van der Waals surface area contributed by atoms with Crippen LogP contribution in [0.25, 0.3) is 11.0 Å². The quantitative estimate of drug-likeness (QED) is 0.450. The summed E-state index contributed by atoms with van der Waals surface area (Å²) in [6.07, 6.45) is 3.02. The number of nitrogens with zero attached hydrogens (tertiary/aromatic N) is 4. The van der Waals surface area contributed by atoms with Crippen molar-refractivity contribution in [2.45, 2.75) is 47.2 Å². The summed E-state index contributed by atoms with van der Waals surface area (Å²) in [7, 11) is 0. The smallest absolute Gasteiger partial charge is 0.138 e. The summed E-state index contributed by atoms with van der Waals surface area (Å²) in [5, 5.41) is 4.15. The van der Waals surface area contributed by atoms with Crippen molar-refractivity contribution < 1.29 is 4.52 Å². The number of halogens is 1. The summed E-state index contributed by atoms with van der Waals surface area (Å²) in [6, 6.07) is 10.9. The minimum atomic E-state index is 0. The number of hydrogen-bond donors (Lipinski definition) is 0. The van der Waals surface area contributed by atoms with Crippen LogP contribution in [0.15, 0.2) is 41.1 Å². The Labute approximate surface area is 183 Å². The van der Waals surface area contributed by atoms with Crippen LogP contribution in [0.5, 0.6) is 0 Å². The van der Waals surface area contributed by atoms with E-state index >= 15 is 0 Å². The third-order valence-corrected chi connectivity index (χ3v) is 6.44. The van der Waals surface area contributed by atoms with Gasteiger partial charge in [-0.3, -0.25) is 4.98 Å². The fraction of sp³-hybridized carbons (Fsp3) is 0.333. The Morgan fingerprint density at radius 3 is 2.53 bits per heavy atom. The first-order valence-electron chi connectivity index (χ1n) is 10.2. The van der Waals surface area contributed by atoms with Crippen LogP contribution < -0.4 is 4.90 Å². The first-order chi connectivity index (χ1) is 14.0. The highest BCUT2D eigenvalue weighted by Crippen LogP contribution is 2.35. The summed E-state index contributed by atoms with van der Waals surface area (Å²) >= 11 is 0. The SMILES string of the molecule is Cc1noc(C)c1Cn1c(C)c(C)c2nccc(N3CCc4ccccc4C3)c21.Cl. The third kappa shape index (κ3) is 3.18. The average Bonchev–Trinajstić information content (AvgIpc) is 3.19. The Balaban J connectivity index is 0.00000218. The van der Waals surface area contributed by atoms with Crippen molar-refractivity contribution in [3.63, 3.8) is 0 Å². The first kappa shape index (κ1) is 20.5. The summed E-state index contributed by atoms with van der Waals surface area (Å²) < 4.78 is 7.81. The first-order valence-corrected chi connectivity index (χ1v) is 10.2. The van der Waals surface area contributed by atoms with E-state index in [2.05, 4.69) is 58.8 Å². The molecule has 1 aliphatic rings. The molecule has 0 radical (unpaired) electrons. The van der Waals surface area contributed by atoms with Gasteiger partial charge in [0.1, 0.15) is 5.76 Å². The second kappa shape index (κ2) is 7.80. The van der Waals surface area contributed by atoms with Crippen LogP contribution in [0, 0.1) is 27.7 Å². The minimum Gasteiger partial charge on any atom is -0.365 e. The standard InChI is InChI=1S/C24H26N4O.ClH/c1-15-17(3)28(14-21-16(2)26-29-18(21)4)24-22(9-11-25-23(15)24)27-12-10-19-7-5-6-8-20(19)13-27;/h5-9,11H,10,12-14H2,1-4H3;1H. The molecule has 4 heterocycles. The van der Waals surface area contributed by atoms with Crippen molar-refractivity contribution in [2.24, 2.45) is 0 Å². The number of hydrogen-bond acceptors (Lipinski definition) is 4. The van der Waals surface area contributed by atoms with Crippen LogP contribution >= 0.6 is 12.4 Å². The average molecular weight is 423 g/mol. The predicted octanol–water partition coefficient (Wildman–Crippen LogP) is 5.29. The monoisotopic (exact) mass is 422 g/mol. The van der Waals surface area contributed by atoms with Gasteiger partial charge in [-0.2, -0.15) is 0 Å². The van der Waals surface area contributed by atoms with E-state index in [1.165, 1.54) is 33.6 Å². The van der Waals surface area contributed by atoms with Gasteiger partial charge in [-0.25, -0.2) is 0 Å². The summed E-state index contributed by atoms with van der Waals surface area (Å²) in [4.78, 5) is 7.24. The third-order valence-electron chi connectivity index (χ3n) is 6.44. The van der Waals surface area contributed by atoms with Crippen molar-refractivity contribution in [3.05, 3.63) is 75.9 Å². The molecular formula is C24H27ClN4O. The number of anilines is 1. The van der Waals surface area contributed by atoms with Crippen LogP contribution in [0.3, 0.4) is 0 Å². The second-order valence-electron chi connectivity index (χ2n) is 8.07. The highest BCUT2D eigenvalue weighted by atomic mass is 35.5. The van der Waals surface area contributed by atoms with E-state index < -0.39 is 0 Å². The number of aryl methyl sites for hydroxylation is 3. The van der Waals surface area contributed by atoms with Crippen molar-refractivity contribution in [1.82, 2.24) is 14.7 Å². The molecule has 1 aromatic carbocycles. The number of fused-ring (bicyclic) bond motifs is 2. The molecule has 30 heavy (non-hydrogen) atoms. The largest absolute Gasteiger partial charge is 0.365 e. The van der Waals surface area contributed by atoms with Gasteiger partial charge in [0, 0.05) is 30.5 Å². The maximum absolute atomic E-state index is 5.42. The van der Waals surface area contributed by atoms with Crippen molar-refractivity contribution >= 4 is 29.1 Å². The topological polar surface area (TPSA) is 47.1 Å². The van der Waals surface area contributed by atoms with Crippen LogP contribution in [0.2, 0.25) is 0 Å². The molecular weight excluding hydrogens is 396 g/mol. The number of benzene rings is 1. The lowest BCUT2D eigenvalue weighted by Crippen LogP contribution is -2.30. The van der Waals surface area contributed by atoms with Crippen LogP contribution in [-0.2, 0) is 19.5 Å². The van der Waals surface area contributed by atoms with E-state index in [1.807, 2.05) is 20.0 Å². The molecule has 0 atom stereocenters. The summed E-state index contributed by atoms with van der Waals surface area (Å²) in [5.74, 6) is 0.888.